The van der Waals surface area contributed by atoms with Crippen LogP contribution in [0.5, 0.6) is 0 Å². The number of fused-ring (bicyclic) bond motifs is 3. The van der Waals surface area contributed by atoms with Gasteiger partial charge < -0.3 is 238 Å². The quantitative estimate of drug-likeness (QED) is 0.0206. The molecule has 0 aromatic heterocycles. The topological polar surface area (TPSA) is 790 Å². The summed E-state index contributed by atoms with van der Waals surface area (Å²) in [7, 11) is 0. The summed E-state index contributed by atoms with van der Waals surface area (Å²) in [5, 5.41) is 332. The van der Waals surface area contributed by atoms with Crippen molar-refractivity contribution in [3.63, 3.8) is 0 Å². The summed E-state index contributed by atoms with van der Waals surface area (Å²) in [6.07, 6.45) is -92.7. The first kappa shape index (κ1) is 97.8. The van der Waals surface area contributed by atoms with E-state index in [4.69, 9.17) is 85.3 Å². The summed E-state index contributed by atoms with van der Waals surface area (Å²) in [6.45, 7) is -1.29. The second-order valence-electron chi connectivity index (χ2n) is 34.9. The second kappa shape index (κ2) is 39.2. The molecule has 0 aromatic rings. The fourth-order valence-corrected chi connectivity index (χ4v) is 20.8. The largest absolute Gasteiger partial charge is 0.432 e. The molecule has 0 amide bonds. The number of rotatable bonds is 27. The van der Waals surface area contributed by atoms with Crippen LogP contribution in [0, 0.1) is 28.1 Å². The maximum absolute atomic E-state index is 15.7. The molecule has 13 rings (SSSR count). The smallest absolute Gasteiger partial charge is 0.314 e. The minimum atomic E-state index is -2.40. The highest BCUT2D eigenvalue weighted by atomic mass is 16.8. The van der Waals surface area contributed by atoms with Crippen LogP contribution in [0.2, 0.25) is 0 Å². The third-order valence-electron chi connectivity index (χ3n) is 27.8. The van der Waals surface area contributed by atoms with E-state index in [1.807, 2.05) is 6.92 Å². The molecule has 0 aromatic carbocycles. The van der Waals surface area contributed by atoms with Gasteiger partial charge in [0.15, 0.2) is 56.4 Å². The van der Waals surface area contributed by atoms with Gasteiger partial charge in [0.25, 0.3) is 0 Å². The highest BCUT2D eigenvalue weighted by molar-refractivity contribution is 5.77. The minimum absolute atomic E-state index is 0.0340. The first-order chi connectivity index (χ1) is 58.2. The molecule has 123 heavy (non-hydrogen) atoms. The second-order valence-corrected chi connectivity index (χ2v) is 34.9. The Hall–Kier alpha value is -2.67. The molecule has 0 radical (unpaired) electrons. The lowest BCUT2D eigenvalue weighted by Crippen LogP contribution is -2.68. The van der Waals surface area contributed by atoms with Crippen molar-refractivity contribution in [2.45, 2.75) is 353 Å². The van der Waals surface area contributed by atoms with Crippen LogP contribution in [0.25, 0.3) is 0 Å². The van der Waals surface area contributed by atoms with E-state index >= 15 is 4.79 Å². The number of esters is 1. The molecule has 710 valence electrons. The van der Waals surface area contributed by atoms with Gasteiger partial charge in [-0.05, 0) is 74.7 Å². The minimum Gasteiger partial charge on any atom is -0.432 e. The highest BCUT2D eigenvalue weighted by Gasteiger charge is 2.73. The lowest BCUT2D eigenvalue weighted by atomic mass is 9.40. The van der Waals surface area contributed by atoms with Gasteiger partial charge >= 0.3 is 5.97 Å². The van der Waals surface area contributed by atoms with Gasteiger partial charge in [-0.3, -0.25) is 4.79 Å². The number of carbonyl (C=O) groups is 1. The Labute approximate surface area is 700 Å². The SMILES string of the molecule is C=C1[C@H](O)[C@@]23CCC4[C@](C)(C(=O)OC5OC(CO)C(O)C(OC6OC(CO)C(O)C(O)C6O)C5OC5OC(CO)C(O)C(O)C5O)CCC[C@@]4(C)[C@@H]2CCC1(OC1OC(CO)C(O)C(OC2OC(CO)C(O)C(O)C2O)C1OC1OC(COC2OC(CO)C(O)C(OC4OC(CO)C(O)C(O)C4O)C2OC2OC(CO)C(O)C(O)C2O)C(O)C(O)C1O)C3. The Kier molecular flexibility index (Phi) is 31.2. The molecule has 13 fully saturated rings. The molecule has 9 aliphatic heterocycles. The summed E-state index contributed by atoms with van der Waals surface area (Å²) < 4.78 is 109. The number of ether oxygens (including phenoxy) is 18. The predicted molar refractivity (Wildman–Crippen MR) is 384 cm³/mol. The lowest BCUT2D eigenvalue weighted by Gasteiger charge is -2.64. The molecule has 49 heteroatoms. The lowest BCUT2D eigenvalue weighted by molar-refractivity contribution is -0.405. The van der Waals surface area contributed by atoms with E-state index in [0.717, 1.165) is 0 Å². The molecule has 2 bridgehead atoms. The van der Waals surface area contributed by atoms with E-state index in [0.29, 0.717) is 12.8 Å². The monoisotopic (exact) mass is 1790 g/mol. The van der Waals surface area contributed by atoms with E-state index in [-0.39, 0.29) is 44.1 Å². The van der Waals surface area contributed by atoms with Gasteiger partial charge in [0.1, 0.15) is 214 Å². The van der Waals surface area contributed by atoms with E-state index in [9.17, 15) is 153 Å². The molecule has 9 heterocycles. The van der Waals surface area contributed by atoms with E-state index in [1.54, 1.807) is 6.92 Å². The van der Waals surface area contributed by atoms with Crippen molar-refractivity contribution in [3.8, 4) is 0 Å². The van der Waals surface area contributed by atoms with Crippen LogP contribution >= 0.6 is 0 Å². The maximum Gasteiger partial charge on any atom is 0.314 e. The molecular formula is C74H120O49. The van der Waals surface area contributed by atoms with Crippen molar-refractivity contribution < 1.29 is 243 Å². The molecule has 4 saturated carbocycles. The molecule has 47 unspecified atom stereocenters. The Morgan fingerprint density at radius 3 is 0.967 bits per heavy atom. The van der Waals surface area contributed by atoms with Crippen LogP contribution in [-0.4, -0.2) is 507 Å². The summed E-state index contributed by atoms with van der Waals surface area (Å²) in [5.74, 6) is -2.23. The van der Waals surface area contributed by atoms with Crippen LogP contribution < -0.4 is 0 Å². The van der Waals surface area contributed by atoms with Crippen LogP contribution in [0.15, 0.2) is 12.2 Å². The summed E-state index contributed by atoms with van der Waals surface area (Å²) in [5.41, 5.74) is -5.46. The molecular weight excluding hydrogens is 1670 g/mol. The Bertz CT molecular complexity index is 3430. The molecule has 30 N–H and O–H groups in total. The summed E-state index contributed by atoms with van der Waals surface area (Å²) in [6, 6.07) is 0. The zero-order valence-electron chi connectivity index (χ0n) is 66.6. The van der Waals surface area contributed by atoms with Crippen molar-refractivity contribution in [2.75, 3.05) is 59.5 Å². The maximum atomic E-state index is 15.7. The zero-order valence-corrected chi connectivity index (χ0v) is 66.6. The van der Waals surface area contributed by atoms with Gasteiger partial charge in [-0.1, -0.05) is 19.9 Å². The van der Waals surface area contributed by atoms with Crippen LogP contribution in [-0.2, 0) is 90.1 Å². The van der Waals surface area contributed by atoms with Crippen LogP contribution in [0.1, 0.15) is 65.2 Å². The van der Waals surface area contributed by atoms with Gasteiger partial charge in [-0.25, -0.2) is 0 Å². The normalized spacial score (nSPS) is 54.7. The number of hydrogen-bond donors (Lipinski definition) is 30. The predicted octanol–water partition coefficient (Wildman–Crippen LogP) is -17.0. The summed E-state index contributed by atoms with van der Waals surface area (Å²) >= 11 is 0. The number of carbonyl (C=O) groups excluding carboxylic acids is 1. The molecule has 49 nitrogen and oxygen atoms in total. The number of hydrogen-bond acceptors (Lipinski definition) is 49. The summed E-state index contributed by atoms with van der Waals surface area (Å²) in [4.78, 5) is 15.7. The Balaban J connectivity index is 0.784. The van der Waals surface area contributed by atoms with Gasteiger partial charge in [-0.2, -0.15) is 0 Å². The van der Waals surface area contributed by atoms with Gasteiger partial charge in [0, 0.05) is 5.41 Å². The van der Waals surface area contributed by atoms with Crippen molar-refractivity contribution in [1.82, 2.24) is 0 Å². The standard InChI is InChI=1S/C74H120O49/c1-21-60(104)73-9-5-31-71(2,7-4-8-72(31,3)70(105)122-68-58(120-65-52(102)46(96)37(87)26(15-79)111-65)55(40(90)28(17-81)113-68)117-62-49(99)43(93)34(84)23(12-76)108-62)32(73)6-10-74(21,20-73)123-69-59(56(41(91)29(18-82)114-69)118-63-50(100)44(94)35(85)24(13-77)109-63)121-66-53(103)47(97)38(88)30(115-66)19-106-67-57(119-64-51(101)45(95)36(86)25(14-78)110-64)54(39(89)27(16-80)112-67)116-61-48(98)42(92)33(83)22(11-75)107-61/h22-69,75-104H,1,4-20H2,2-3H3/t22?,23?,24?,25?,26?,27?,28?,29?,30?,31?,32-,33?,34?,35?,36?,37?,38?,39?,40?,41?,42?,43?,44?,45?,46?,47?,48?,49?,50?,51?,52?,53?,54?,55?,56?,57?,58?,59?,60-,61?,62?,63?,64?,65?,66?,67?,68?,69?,71+,72+,73+,74?/m0/s1. The van der Waals surface area contributed by atoms with E-state index in [2.05, 4.69) is 6.58 Å². The van der Waals surface area contributed by atoms with E-state index < -0.39 is 382 Å². The number of aliphatic hydroxyl groups is 30. The van der Waals surface area contributed by atoms with Crippen LogP contribution in [0.3, 0.4) is 0 Å². The molecule has 13 aliphatic rings. The Morgan fingerprint density at radius 1 is 0.325 bits per heavy atom. The molecule has 9 saturated heterocycles. The first-order valence-corrected chi connectivity index (χ1v) is 41.1. The Morgan fingerprint density at radius 2 is 0.610 bits per heavy atom. The van der Waals surface area contributed by atoms with Gasteiger partial charge in [0.2, 0.25) is 6.29 Å². The first-order valence-electron chi connectivity index (χ1n) is 41.1. The van der Waals surface area contributed by atoms with Crippen LogP contribution in [0.4, 0.5) is 0 Å². The van der Waals surface area contributed by atoms with Gasteiger partial charge in [0.05, 0.1) is 76.6 Å². The fourth-order valence-electron chi connectivity index (χ4n) is 20.8. The third kappa shape index (κ3) is 17.9. The average molecular weight is 1790 g/mol. The zero-order chi connectivity index (χ0) is 89.6. The van der Waals surface area contributed by atoms with Crippen molar-refractivity contribution in [3.05, 3.63) is 12.2 Å². The fraction of sp³-hybridized carbons (Fsp3) is 0.959. The molecule has 1 spiro atoms. The molecule has 52 atom stereocenters. The number of aliphatic hydroxyl groups excluding tert-OH is 30. The van der Waals surface area contributed by atoms with E-state index in [1.165, 1.54) is 0 Å². The van der Waals surface area contributed by atoms with Crippen molar-refractivity contribution in [1.29, 1.82) is 0 Å². The highest BCUT2D eigenvalue weighted by Crippen LogP contribution is 2.74. The average Bonchev–Trinajstić information content (AvgIpc) is 1.56. The molecule has 4 aliphatic carbocycles. The van der Waals surface area contributed by atoms with Gasteiger partial charge in [-0.15, -0.1) is 0 Å². The third-order valence-corrected chi connectivity index (χ3v) is 27.8. The van der Waals surface area contributed by atoms with Crippen molar-refractivity contribution >= 4 is 5.97 Å². The van der Waals surface area contributed by atoms with Crippen molar-refractivity contribution in [2.24, 2.45) is 28.1 Å².